The van der Waals surface area contributed by atoms with Crippen LogP contribution in [-0.4, -0.2) is 16.2 Å². The fourth-order valence-electron chi connectivity index (χ4n) is 1.12. The number of hydrogen-bond acceptors (Lipinski definition) is 1. The molecule has 1 nitrogen and oxygen atoms in total. The van der Waals surface area contributed by atoms with Gasteiger partial charge in [-0.1, -0.05) is 35.5 Å². The van der Waals surface area contributed by atoms with Gasteiger partial charge in [-0.3, -0.25) is 0 Å². The second-order valence-electron chi connectivity index (χ2n) is 2.80. The molecule has 12 heavy (non-hydrogen) atoms. The lowest BCUT2D eigenvalue weighted by Crippen LogP contribution is -2.30. The first kappa shape index (κ1) is 9.23. The lowest BCUT2D eigenvalue weighted by molar-refractivity contribution is 0.438. The highest BCUT2D eigenvalue weighted by Crippen LogP contribution is 1.95. The molecule has 0 fully saturated rings. The molecule has 0 bridgehead atoms. The summed E-state index contributed by atoms with van der Waals surface area (Å²) >= 11 is 0. The molecule has 1 aromatic rings. The van der Waals surface area contributed by atoms with Gasteiger partial charge in [-0.25, -0.2) is 0 Å². The molecule has 0 amide bonds. The minimum absolute atomic E-state index is 1.28. The summed E-state index contributed by atoms with van der Waals surface area (Å²) in [6, 6.07) is 8.46. The van der Waals surface area contributed by atoms with Gasteiger partial charge in [-0.05, 0) is 12.1 Å². The molecule has 1 aromatic carbocycles. The van der Waals surface area contributed by atoms with Crippen molar-refractivity contribution in [2.45, 2.75) is 6.92 Å². The zero-order chi connectivity index (χ0) is 8.97. The summed E-state index contributed by atoms with van der Waals surface area (Å²) < 4.78 is 5.35. The normalized spacial score (nSPS) is 12.5. The lowest BCUT2D eigenvalue weighted by atomic mass is 10.2. The number of benzene rings is 1. The van der Waals surface area contributed by atoms with Crippen LogP contribution in [0.5, 0.6) is 0 Å². The Morgan fingerprint density at radius 1 is 1.33 bits per heavy atom. The lowest BCUT2D eigenvalue weighted by Gasteiger charge is -2.08. The van der Waals surface area contributed by atoms with Crippen molar-refractivity contribution in [2.24, 2.45) is 0 Å². The molecule has 0 N–H and O–H groups in total. The second kappa shape index (κ2) is 4.23. The van der Waals surface area contributed by atoms with Crippen LogP contribution in [0.3, 0.4) is 0 Å². The third-order valence-electron chi connectivity index (χ3n) is 1.87. The monoisotopic (exact) mass is 178 g/mol. The van der Waals surface area contributed by atoms with Gasteiger partial charge >= 0.3 is 0 Å². The van der Waals surface area contributed by atoms with Crippen molar-refractivity contribution >= 4 is 14.2 Å². The van der Waals surface area contributed by atoms with E-state index in [0.717, 1.165) is 0 Å². The number of rotatable bonds is 3. The molecule has 0 heterocycles. The highest BCUT2D eigenvalue weighted by atomic mass is 28.3. The van der Waals surface area contributed by atoms with Gasteiger partial charge in [-0.2, -0.15) is 0 Å². The predicted octanol–water partition coefficient (Wildman–Crippen LogP) is 1.30. The Hall–Kier alpha value is -0.863. The summed E-state index contributed by atoms with van der Waals surface area (Å²) in [5, 5.41) is 1.29. The van der Waals surface area contributed by atoms with Crippen molar-refractivity contribution in [3.8, 4) is 0 Å². The Labute approximate surface area is 75.4 Å². The average molecular weight is 178 g/mol. The van der Waals surface area contributed by atoms with Crippen molar-refractivity contribution in [1.29, 1.82) is 0 Å². The largest absolute Gasteiger partial charge is 0.415 e. The second-order valence-corrected chi connectivity index (χ2v) is 5.25. The van der Waals surface area contributed by atoms with Crippen molar-refractivity contribution in [3.63, 3.8) is 0 Å². The van der Waals surface area contributed by atoms with Gasteiger partial charge in [0.25, 0.3) is 0 Å². The van der Waals surface area contributed by atoms with E-state index in [1.807, 2.05) is 5.70 Å². The highest BCUT2D eigenvalue weighted by Gasteiger charge is 2.06. The number of aryl methyl sites for hydroxylation is 1. The van der Waals surface area contributed by atoms with E-state index in [9.17, 15) is 0 Å². The van der Waals surface area contributed by atoms with Gasteiger partial charge in [0.05, 0.1) is 0 Å². The summed E-state index contributed by atoms with van der Waals surface area (Å²) in [4.78, 5) is 0. The van der Waals surface area contributed by atoms with E-state index in [-0.39, 0.29) is 0 Å². The summed E-state index contributed by atoms with van der Waals surface area (Å²) in [5.74, 6) is 0. The minimum atomic E-state index is -1.31. The highest BCUT2D eigenvalue weighted by molar-refractivity contribution is 6.72. The topological polar surface area (TPSA) is 9.23 Å². The van der Waals surface area contributed by atoms with Gasteiger partial charge in [0, 0.05) is 7.11 Å². The fraction of sp³-hybridized carbons (Fsp3) is 0.200. The van der Waals surface area contributed by atoms with Crippen molar-refractivity contribution in [1.82, 2.24) is 0 Å². The first-order chi connectivity index (χ1) is 5.77. The van der Waals surface area contributed by atoms with Gasteiger partial charge in [0.1, 0.15) is 0 Å². The summed E-state index contributed by atoms with van der Waals surface area (Å²) in [6.07, 6.45) is 0. The summed E-state index contributed by atoms with van der Waals surface area (Å²) in [6.45, 7) is 5.85. The molecule has 1 unspecified atom stereocenters. The maximum absolute atomic E-state index is 5.35. The van der Waals surface area contributed by atoms with E-state index in [1.54, 1.807) is 7.11 Å². The molecular formula is C10H14OSi. The van der Waals surface area contributed by atoms with E-state index in [1.165, 1.54) is 10.8 Å². The van der Waals surface area contributed by atoms with Crippen LogP contribution >= 0.6 is 0 Å². The zero-order valence-electron chi connectivity index (χ0n) is 7.58. The Balaban J connectivity index is 2.87. The average Bonchev–Trinajstić information content (AvgIpc) is 2.10. The maximum Gasteiger partial charge on any atom is 0.231 e. The third-order valence-corrected chi connectivity index (χ3v) is 3.85. The minimum Gasteiger partial charge on any atom is -0.415 e. The predicted molar refractivity (Wildman–Crippen MR) is 55.2 cm³/mol. The Kier molecular flexibility index (Phi) is 3.26. The molecule has 1 rings (SSSR count). The van der Waals surface area contributed by atoms with E-state index < -0.39 is 9.04 Å². The summed E-state index contributed by atoms with van der Waals surface area (Å²) in [7, 11) is 0.441. The molecule has 2 heteroatoms. The van der Waals surface area contributed by atoms with Crippen molar-refractivity contribution < 1.29 is 4.43 Å². The SMILES string of the molecule is C=C[SiH](OC)c1ccc(C)cc1. The Morgan fingerprint density at radius 3 is 2.33 bits per heavy atom. The van der Waals surface area contributed by atoms with Crippen molar-refractivity contribution in [2.75, 3.05) is 7.11 Å². The molecule has 0 radical (unpaired) electrons. The standard InChI is InChI=1S/C10H14OSi/c1-4-12(11-3)10-7-5-9(2)6-8-10/h4-8,12H,1H2,2-3H3. The third kappa shape index (κ3) is 2.06. The van der Waals surface area contributed by atoms with Gasteiger partial charge in [-0.15, -0.1) is 6.58 Å². The van der Waals surface area contributed by atoms with Gasteiger partial charge in [0.15, 0.2) is 0 Å². The smallest absolute Gasteiger partial charge is 0.231 e. The molecular weight excluding hydrogens is 164 g/mol. The molecule has 0 aliphatic heterocycles. The summed E-state index contributed by atoms with van der Waals surface area (Å²) in [5.41, 5.74) is 3.22. The molecule has 0 aromatic heterocycles. The zero-order valence-corrected chi connectivity index (χ0v) is 8.73. The van der Waals surface area contributed by atoms with E-state index in [0.29, 0.717) is 0 Å². The van der Waals surface area contributed by atoms with Crippen LogP contribution in [0, 0.1) is 6.92 Å². The van der Waals surface area contributed by atoms with Crippen LogP contribution in [-0.2, 0) is 4.43 Å². The van der Waals surface area contributed by atoms with Crippen LogP contribution in [0.4, 0.5) is 0 Å². The first-order valence-electron chi connectivity index (χ1n) is 4.00. The molecule has 0 aliphatic carbocycles. The molecule has 64 valence electrons. The van der Waals surface area contributed by atoms with Crippen LogP contribution in [0.15, 0.2) is 36.5 Å². The number of hydrogen-bond donors (Lipinski definition) is 0. The molecule has 0 aliphatic rings. The molecule has 0 saturated heterocycles. The van der Waals surface area contributed by atoms with Gasteiger partial charge in [0.2, 0.25) is 9.04 Å². The Morgan fingerprint density at radius 2 is 1.92 bits per heavy atom. The van der Waals surface area contributed by atoms with Crippen LogP contribution in [0.2, 0.25) is 0 Å². The van der Waals surface area contributed by atoms with Crippen LogP contribution in [0.25, 0.3) is 0 Å². The molecule has 0 spiro atoms. The van der Waals surface area contributed by atoms with Crippen LogP contribution < -0.4 is 5.19 Å². The Bertz CT molecular complexity index is 253. The van der Waals surface area contributed by atoms with Gasteiger partial charge < -0.3 is 4.43 Å². The van der Waals surface area contributed by atoms with Crippen LogP contribution in [0.1, 0.15) is 5.56 Å². The quantitative estimate of drug-likeness (QED) is 0.634. The van der Waals surface area contributed by atoms with E-state index in [4.69, 9.17) is 4.43 Å². The van der Waals surface area contributed by atoms with E-state index >= 15 is 0 Å². The first-order valence-corrected chi connectivity index (χ1v) is 5.71. The maximum atomic E-state index is 5.35. The molecule has 1 atom stereocenters. The van der Waals surface area contributed by atoms with Crippen molar-refractivity contribution in [3.05, 3.63) is 42.1 Å². The molecule has 0 saturated carbocycles. The fourth-order valence-corrected chi connectivity index (χ4v) is 2.43. The van der Waals surface area contributed by atoms with E-state index in [2.05, 4.69) is 37.8 Å².